The largest absolute Gasteiger partial charge is 0.383 e. The van der Waals surface area contributed by atoms with Gasteiger partial charge in [-0.05, 0) is 38.2 Å². The molecule has 2 N–H and O–H groups in total. The van der Waals surface area contributed by atoms with Crippen LogP contribution in [0.1, 0.15) is 16.9 Å². The van der Waals surface area contributed by atoms with Crippen LogP contribution in [0.5, 0.6) is 0 Å². The van der Waals surface area contributed by atoms with Gasteiger partial charge in [0.15, 0.2) is 0 Å². The molecule has 130 valence electrons. The van der Waals surface area contributed by atoms with Gasteiger partial charge < -0.3 is 15.0 Å². The number of H-pyrrole nitrogens is 1. The van der Waals surface area contributed by atoms with Crippen LogP contribution in [-0.2, 0) is 4.74 Å². The molecule has 1 heterocycles. The number of likely N-dealkylation sites (N-methyl/N-ethyl adjacent to an activating group) is 1. The lowest BCUT2D eigenvalue weighted by atomic mass is 10.1. The van der Waals surface area contributed by atoms with Crippen molar-refractivity contribution in [2.45, 2.75) is 6.42 Å². The van der Waals surface area contributed by atoms with E-state index < -0.39 is 0 Å². The van der Waals surface area contributed by atoms with Gasteiger partial charge in [0, 0.05) is 30.8 Å². The van der Waals surface area contributed by atoms with Crippen LogP contribution in [0.15, 0.2) is 30.3 Å². The first-order valence-corrected chi connectivity index (χ1v) is 8.25. The average Bonchev–Trinajstić information content (AvgIpc) is 3.07. The number of amides is 1. The molecule has 7 heteroatoms. The topological polar surface area (TPSA) is 70.2 Å². The number of hydrogen-bond acceptors (Lipinski definition) is 4. The minimum absolute atomic E-state index is 0.151. The monoisotopic (exact) mass is 350 g/mol. The van der Waals surface area contributed by atoms with Crippen molar-refractivity contribution in [1.82, 2.24) is 20.4 Å². The third-order valence-electron chi connectivity index (χ3n) is 3.64. The second-order valence-electron chi connectivity index (χ2n) is 5.58. The smallest absolute Gasteiger partial charge is 0.269 e. The van der Waals surface area contributed by atoms with Crippen LogP contribution >= 0.6 is 11.6 Å². The van der Waals surface area contributed by atoms with Crippen molar-refractivity contribution in [3.05, 3.63) is 41.0 Å². The molecule has 0 aliphatic carbocycles. The van der Waals surface area contributed by atoms with Gasteiger partial charge >= 0.3 is 0 Å². The number of aromatic nitrogens is 2. The van der Waals surface area contributed by atoms with E-state index in [1.54, 1.807) is 25.3 Å². The Balaban J connectivity index is 1.78. The van der Waals surface area contributed by atoms with E-state index in [1.165, 1.54) is 0 Å². The highest BCUT2D eigenvalue weighted by Gasteiger charge is 2.10. The van der Waals surface area contributed by atoms with Gasteiger partial charge in [0.2, 0.25) is 0 Å². The van der Waals surface area contributed by atoms with Crippen LogP contribution in [0, 0.1) is 0 Å². The highest BCUT2D eigenvalue weighted by molar-refractivity contribution is 6.30. The summed E-state index contributed by atoms with van der Waals surface area (Å²) in [5.41, 5.74) is 2.08. The standard InChI is InChI=1S/C17H23ClN4O2/c1-22(10-11-24-2)9-3-8-19-17(23)16-12-15(20-21-16)13-4-6-14(18)7-5-13/h4-7,12H,3,8-11H2,1-2H3,(H,19,23)(H,20,21). The van der Waals surface area contributed by atoms with Crippen molar-refractivity contribution in [2.24, 2.45) is 0 Å². The summed E-state index contributed by atoms with van der Waals surface area (Å²) in [7, 11) is 3.73. The van der Waals surface area contributed by atoms with Crippen molar-refractivity contribution in [2.75, 3.05) is 40.4 Å². The molecule has 0 saturated carbocycles. The van der Waals surface area contributed by atoms with Crippen LogP contribution in [0.25, 0.3) is 11.3 Å². The molecule has 0 saturated heterocycles. The van der Waals surface area contributed by atoms with E-state index >= 15 is 0 Å². The molecule has 24 heavy (non-hydrogen) atoms. The summed E-state index contributed by atoms with van der Waals surface area (Å²) in [6, 6.07) is 9.08. The normalized spacial score (nSPS) is 11.0. The lowest BCUT2D eigenvalue weighted by Gasteiger charge is -2.15. The van der Waals surface area contributed by atoms with E-state index in [0.29, 0.717) is 23.9 Å². The lowest BCUT2D eigenvalue weighted by molar-refractivity contribution is 0.0946. The highest BCUT2D eigenvalue weighted by atomic mass is 35.5. The zero-order chi connectivity index (χ0) is 17.4. The Hall–Kier alpha value is -1.89. The number of carbonyl (C=O) groups excluding carboxylic acids is 1. The molecular weight excluding hydrogens is 328 g/mol. The predicted molar refractivity (Wildman–Crippen MR) is 95.4 cm³/mol. The van der Waals surface area contributed by atoms with Crippen molar-refractivity contribution in [3.8, 4) is 11.3 Å². The number of rotatable bonds is 9. The zero-order valence-corrected chi connectivity index (χ0v) is 14.8. The fourth-order valence-electron chi connectivity index (χ4n) is 2.21. The summed E-state index contributed by atoms with van der Waals surface area (Å²) >= 11 is 5.87. The number of nitrogens with zero attached hydrogens (tertiary/aromatic N) is 2. The molecule has 0 unspecified atom stereocenters. The number of carbonyl (C=O) groups is 1. The Morgan fingerprint density at radius 3 is 2.79 bits per heavy atom. The van der Waals surface area contributed by atoms with Crippen LogP contribution in [0.3, 0.4) is 0 Å². The van der Waals surface area contributed by atoms with E-state index in [-0.39, 0.29) is 5.91 Å². The van der Waals surface area contributed by atoms with E-state index in [0.717, 1.165) is 30.8 Å². The molecule has 0 aliphatic heterocycles. The molecule has 1 amide bonds. The Morgan fingerprint density at radius 1 is 1.33 bits per heavy atom. The van der Waals surface area contributed by atoms with Crippen LogP contribution in [-0.4, -0.2) is 61.4 Å². The Morgan fingerprint density at radius 2 is 2.08 bits per heavy atom. The van der Waals surface area contributed by atoms with Crippen LogP contribution in [0.4, 0.5) is 0 Å². The van der Waals surface area contributed by atoms with E-state index in [4.69, 9.17) is 16.3 Å². The van der Waals surface area contributed by atoms with Crippen molar-refractivity contribution >= 4 is 17.5 Å². The molecule has 2 rings (SSSR count). The van der Waals surface area contributed by atoms with E-state index in [1.807, 2.05) is 19.2 Å². The second-order valence-corrected chi connectivity index (χ2v) is 6.02. The SMILES string of the molecule is COCCN(C)CCCNC(=O)c1cc(-c2ccc(Cl)cc2)n[nH]1. The lowest BCUT2D eigenvalue weighted by Crippen LogP contribution is -2.29. The summed E-state index contributed by atoms with van der Waals surface area (Å²) < 4.78 is 5.03. The number of ether oxygens (including phenoxy) is 1. The maximum Gasteiger partial charge on any atom is 0.269 e. The Labute approximate surface area is 147 Å². The molecule has 0 bridgehead atoms. The van der Waals surface area contributed by atoms with E-state index in [9.17, 15) is 4.79 Å². The number of hydrogen-bond donors (Lipinski definition) is 2. The summed E-state index contributed by atoms with van der Waals surface area (Å²) in [6.45, 7) is 3.12. The summed E-state index contributed by atoms with van der Waals surface area (Å²) in [4.78, 5) is 14.3. The highest BCUT2D eigenvalue weighted by Crippen LogP contribution is 2.20. The molecule has 0 atom stereocenters. The van der Waals surface area contributed by atoms with Crippen LogP contribution in [0.2, 0.25) is 5.02 Å². The number of benzene rings is 1. The fourth-order valence-corrected chi connectivity index (χ4v) is 2.34. The number of halogens is 1. The Kier molecular flexibility index (Phi) is 7.24. The van der Waals surface area contributed by atoms with Crippen molar-refractivity contribution < 1.29 is 9.53 Å². The van der Waals surface area contributed by atoms with Gasteiger partial charge in [0.25, 0.3) is 5.91 Å². The number of nitrogens with one attached hydrogen (secondary N) is 2. The third-order valence-corrected chi connectivity index (χ3v) is 3.89. The van der Waals surface area contributed by atoms with Crippen molar-refractivity contribution in [3.63, 3.8) is 0 Å². The number of methoxy groups -OCH3 is 1. The minimum Gasteiger partial charge on any atom is -0.383 e. The fraction of sp³-hybridized carbons (Fsp3) is 0.412. The van der Waals surface area contributed by atoms with Gasteiger partial charge in [-0.25, -0.2) is 0 Å². The average molecular weight is 351 g/mol. The first-order chi connectivity index (χ1) is 11.6. The quantitative estimate of drug-likeness (QED) is 0.681. The second kappa shape index (κ2) is 9.42. The molecule has 1 aromatic heterocycles. The molecule has 2 aromatic rings. The molecule has 0 spiro atoms. The van der Waals surface area contributed by atoms with Gasteiger partial charge in [0.1, 0.15) is 5.69 Å². The van der Waals surface area contributed by atoms with Gasteiger partial charge in [-0.3, -0.25) is 9.89 Å². The number of aromatic amines is 1. The van der Waals surface area contributed by atoms with Crippen molar-refractivity contribution in [1.29, 1.82) is 0 Å². The maximum atomic E-state index is 12.1. The van der Waals surface area contributed by atoms with Gasteiger partial charge in [-0.1, -0.05) is 23.7 Å². The van der Waals surface area contributed by atoms with Crippen LogP contribution < -0.4 is 5.32 Å². The van der Waals surface area contributed by atoms with E-state index in [2.05, 4.69) is 20.4 Å². The first kappa shape index (κ1) is 18.4. The maximum absolute atomic E-state index is 12.1. The summed E-state index contributed by atoms with van der Waals surface area (Å²) in [5.74, 6) is -0.151. The Bertz CT molecular complexity index is 642. The summed E-state index contributed by atoms with van der Waals surface area (Å²) in [5, 5.41) is 10.5. The molecule has 0 aliphatic rings. The molecular formula is C17H23ClN4O2. The predicted octanol–water partition coefficient (Wildman–Crippen LogP) is 2.43. The molecule has 0 radical (unpaired) electrons. The zero-order valence-electron chi connectivity index (χ0n) is 14.0. The molecule has 0 fully saturated rings. The molecule has 1 aromatic carbocycles. The third kappa shape index (κ3) is 5.63. The van der Waals surface area contributed by atoms with Gasteiger partial charge in [-0.15, -0.1) is 0 Å². The van der Waals surface area contributed by atoms with Gasteiger partial charge in [0.05, 0.1) is 12.3 Å². The first-order valence-electron chi connectivity index (χ1n) is 7.87. The molecule has 6 nitrogen and oxygen atoms in total. The van der Waals surface area contributed by atoms with Gasteiger partial charge in [-0.2, -0.15) is 5.10 Å². The summed E-state index contributed by atoms with van der Waals surface area (Å²) in [6.07, 6.45) is 0.879. The minimum atomic E-state index is -0.151.